The molecule has 0 unspecified atom stereocenters. The van der Waals surface area contributed by atoms with Crippen LogP contribution in [0.25, 0.3) is 0 Å². The lowest BCUT2D eigenvalue weighted by Crippen LogP contribution is -2.18. The van der Waals surface area contributed by atoms with Gasteiger partial charge in [0.2, 0.25) is 5.88 Å². The molecule has 0 saturated carbocycles. The number of nitrogens with zero attached hydrogens (tertiary/aromatic N) is 1. The van der Waals surface area contributed by atoms with Crippen LogP contribution >= 0.6 is 11.6 Å². The number of rotatable bonds is 2. The molecule has 0 radical (unpaired) electrons. The number of ether oxygens (including phenoxy) is 1. The van der Waals surface area contributed by atoms with Gasteiger partial charge in [-0.25, -0.2) is 4.98 Å². The fourth-order valence-electron chi connectivity index (χ4n) is 0.822. The second kappa shape index (κ2) is 3.91. The summed E-state index contributed by atoms with van der Waals surface area (Å²) in [6, 6.07) is 2.35. The summed E-state index contributed by atoms with van der Waals surface area (Å²) in [5.41, 5.74) is 5.66. The highest BCUT2D eigenvalue weighted by molar-refractivity contribution is 6.16. The fourth-order valence-corrected chi connectivity index (χ4v) is 0.959. The quantitative estimate of drug-likeness (QED) is 0.787. The van der Waals surface area contributed by atoms with Crippen LogP contribution in [-0.4, -0.2) is 11.3 Å². The van der Waals surface area contributed by atoms with Gasteiger partial charge in [-0.15, -0.1) is 24.8 Å². The maximum Gasteiger partial charge on any atom is 0.574 e. The minimum atomic E-state index is -4.77. The van der Waals surface area contributed by atoms with Gasteiger partial charge in [-0.05, 0) is 6.07 Å². The van der Waals surface area contributed by atoms with Crippen LogP contribution < -0.4 is 10.5 Å². The zero-order valence-corrected chi connectivity index (χ0v) is 7.56. The Balaban J connectivity index is 2.92. The molecule has 14 heavy (non-hydrogen) atoms. The molecule has 3 nitrogen and oxygen atoms in total. The Bertz CT molecular complexity index is 329. The third kappa shape index (κ3) is 3.29. The molecule has 0 aliphatic carbocycles. The van der Waals surface area contributed by atoms with E-state index in [9.17, 15) is 13.2 Å². The molecule has 1 aromatic heterocycles. The first-order valence-corrected chi connectivity index (χ1v) is 4.02. The lowest BCUT2D eigenvalue weighted by atomic mass is 10.3. The summed E-state index contributed by atoms with van der Waals surface area (Å²) < 4.78 is 38.9. The maximum atomic E-state index is 11.8. The number of aromatic nitrogens is 1. The van der Waals surface area contributed by atoms with Gasteiger partial charge in [0.1, 0.15) is 0 Å². The number of nitrogens with two attached hydrogens (primary N) is 1. The van der Waals surface area contributed by atoms with Crippen LogP contribution in [0.15, 0.2) is 12.1 Å². The van der Waals surface area contributed by atoms with Gasteiger partial charge in [0, 0.05) is 11.8 Å². The number of hydrogen-bond acceptors (Lipinski definition) is 3. The Morgan fingerprint density at radius 2 is 2.07 bits per heavy atom. The summed E-state index contributed by atoms with van der Waals surface area (Å²) in [4.78, 5) is 3.48. The van der Waals surface area contributed by atoms with Gasteiger partial charge in [0.05, 0.1) is 11.6 Å². The van der Waals surface area contributed by atoms with E-state index in [1.54, 1.807) is 0 Å². The van der Waals surface area contributed by atoms with Crippen molar-refractivity contribution >= 4 is 17.3 Å². The molecule has 1 heterocycles. The number of pyridine rings is 1. The molecular weight excluding hydrogens is 221 g/mol. The first-order chi connectivity index (χ1) is 6.40. The van der Waals surface area contributed by atoms with E-state index < -0.39 is 12.2 Å². The van der Waals surface area contributed by atoms with Crippen molar-refractivity contribution in [2.45, 2.75) is 12.2 Å². The molecule has 0 aliphatic rings. The zero-order valence-electron chi connectivity index (χ0n) is 6.81. The second-order valence-electron chi connectivity index (χ2n) is 2.41. The SMILES string of the molecule is Nc1cc(CCl)nc(OC(F)(F)F)c1. The van der Waals surface area contributed by atoms with E-state index in [-0.39, 0.29) is 17.3 Å². The molecule has 7 heteroatoms. The summed E-state index contributed by atoms with van der Waals surface area (Å²) in [6.07, 6.45) is -4.77. The summed E-state index contributed by atoms with van der Waals surface area (Å²) in [5.74, 6) is -0.632. The van der Waals surface area contributed by atoms with E-state index in [2.05, 4.69) is 9.72 Å². The topological polar surface area (TPSA) is 48.1 Å². The van der Waals surface area contributed by atoms with Gasteiger partial charge in [-0.2, -0.15) is 0 Å². The van der Waals surface area contributed by atoms with Gasteiger partial charge in [-0.3, -0.25) is 0 Å². The van der Waals surface area contributed by atoms with Crippen LogP contribution in [-0.2, 0) is 5.88 Å². The van der Waals surface area contributed by atoms with Crippen LogP contribution in [0, 0.1) is 0 Å². The number of nitrogen functional groups attached to an aromatic ring is 1. The molecule has 1 rings (SSSR count). The molecule has 2 N–H and O–H groups in total. The Kier molecular flexibility index (Phi) is 3.05. The molecule has 0 fully saturated rings. The summed E-state index contributed by atoms with van der Waals surface area (Å²) in [6.45, 7) is 0. The third-order valence-corrected chi connectivity index (χ3v) is 1.51. The molecule has 78 valence electrons. The number of alkyl halides is 4. The number of hydrogen-bond donors (Lipinski definition) is 1. The van der Waals surface area contributed by atoms with Gasteiger partial charge in [0.25, 0.3) is 0 Å². The Labute approximate surface area is 82.6 Å². The van der Waals surface area contributed by atoms with E-state index in [1.807, 2.05) is 0 Å². The average molecular weight is 227 g/mol. The van der Waals surface area contributed by atoms with Crippen molar-refractivity contribution < 1.29 is 17.9 Å². The van der Waals surface area contributed by atoms with Crippen LogP contribution in [0.4, 0.5) is 18.9 Å². The molecule has 0 aliphatic heterocycles. The Hall–Kier alpha value is -1.17. The first kappa shape index (κ1) is 10.9. The van der Waals surface area contributed by atoms with Crippen LogP contribution in [0.3, 0.4) is 0 Å². The summed E-state index contributed by atoms with van der Waals surface area (Å²) in [5, 5.41) is 0. The zero-order chi connectivity index (χ0) is 10.8. The largest absolute Gasteiger partial charge is 0.574 e. The molecule has 1 aromatic rings. The lowest BCUT2D eigenvalue weighted by molar-refractivity contribution is -0.276. The Morgan fingerprint density at radius 3 is 2.57 bits per heavy atom. The fraction of sp³-hybridized carbons (Fsp3) is 0.286. The van der Waals surface area contributed by atoms with Gasteiger partial charge < -0.3 is 10.5 Å². The van der Waals surface area contributed by atoms with Crippen molar-refractivity contribution in [1.29, 1.82) is 0 Å². The van der Waals surface area contributed by atoms with Crippen LogP contribution in [0.5, 0.6) is 5.88 Å². The Morgan fingerprint density at radius 1 is 1.43 bits per heavy atom. The second-order valence-corrected chi connectivity index (χ2v) is 2.68. The predicted molar refractivity (Wildman–Crippen MR) is 44.9 cm³/mol. The molecule has 0 spiro atoms. The summed E-state index contributed by atoms with van der Waals surface area (Å²) in [7, 11) is 0. The minimum Gasteiger partial charge on any atom is -0.399 e. The molecule has 0 saturated heterocycles. The highest BCUT2D eigenvalue weighted by Gasteiger charge is 2.31. The highest BCUT2D eigenvalue weighted by atomic mass is 35.5. The molecular formula is C7H6ClF3N2O. The van der Waals surface area contributed by atoms with E-state index in [4.69, 9.17) is 17.3 Å². The predicted octanol–water partition coefficient (Wildman–Crippen LogP) is 2.30. The molecule has 0 aromatic carbocycles. The van der Waals surface area contributed by atoms with Crippen molar-refractivity contribution in [1.82, 2.24) is 4.98 Å². The van der Waals surface area contributed by atoms with E-state index in [0.29, 0.717) is 0 Å². The maximum absolute atomic E-state index is 11.8. The van der Waals surface area contributed by atoms with Crippen LogP contribution in [0.2, 0.25) is 0 Å². The van der Waals surface area contributed by atoms with E-state index in [1.165, 1.54) is 6.07 Å². The van der Waals surface area contributed by atoms with Crippen molar-refractivity contribution in [3.63, 3.8) is 0 Å². The molecule has 0 atom stereocenters. The smallest absolute Gasteiger partial charge is 0.399 e. The number of anilines is 1. The normalized spacial score (nSPS) is 11.4. The minimum absolute atomic E-state index is 0.0285. The molecule has 0 amide bonds. The van der Waals surface area contributed by atoms with Crippen molar-refractivity contribution in [3.05, 3.63) is 17.8 Å². The molecule has 0 bridgehead atoms. The monoisotopic (exact) mass is 226 g/mol. The van der Waals surface area contributed by atoms with Gasteiger partial charge >= 0.3 is 6.36 Å². The lowest BCUT2D eigenvalue weighted by Gasteiger charge is -2.09. The van der Waals surface area contributed by atoms with Gasteiger partial charge in [-0.1, -0.05) is 0 Å². The standard InChI is InChI=1S/C7H6ClF3N2O/c8-3-5-1-4(12)2-6(13-5)14-7(9,10)11/h1-2H,3H2,(H2,12,13). The van der Waals surface area contributed by atoms with Crippen molar-refractivity contribution in [2.24, 2.45) is 0 Å². The van der Waals surface area contributed by atoms with E-state index >= 15 is 0 Å². The highest BCUT2D eigenvalue weighted by Crippen LogP contribution is 2.23. The third-order valence-electron chi connectivity index (χ3n) is 1.23. The van der Waals surface area contributed by atoms with Crippen LogP contribution in [0.1, 0.15) is 5.69 Å². The average Bonchev–Trinajstić information content (AvgIpc) is 1.99. The summed E-state index contributed by atoms with van der Waals surface area (Å²) >= 11 is 5.39. The van der Waals surface area contributed by atoms with E-state index in [0.717, 1.165) is 6.07 Å². The first-order valence-electron chi connectivity index (χ1n) is 3.49. The van der Waals surface area contributed by atoms with Crippen molar-refractivity contribution in [2.75, 3.05) is 5.73 Å². The van der Waals surface area contributed by atoms with Crippen molar-refractivity contribution in [3.8, 4) is 5.88 Å². The number of halogens is 4. The van der Waals surface area contributed by atoms with Gasteiger partial charge in [0.15, 0.2) is 0 Å².